The number of Topliss-reactive ketones (excluding diaryl/α,β-unsaturated/α-hetero) is 1. The zero-order valence-electron chi connectivity index (χ0n) is 13.7. The van der Waals surface area contributed by atoms with E-state index in [1.807, 2.05) is 0 Å². The van der Waals surface area contributed by atoms with E-state index < -0.39 is 39.3 Å². The van der Waals surface area contributed by atoms with Crippen molar-refractivity contribution in [3.05, 3.63) is 65.7 Å². The van der Waals surface area contributed by atoms with E-state index >= 15 is 0 Å². The van der Waals surface area contributed by atoms with Crippen LogP contribution in [0.5, 0.6) is 5.75 Å². The number of ether oxygens (including phenoxy) is 1. The predicted octanol–water partition coefficient (Wildman–Crippen LogP) is 1.63. The van der Waals surface area contributed by atoms with Crippen LogP contribution in [-0.4, -0.2) is 48.5 Å². The van der Waals surface area contributed by atoms with Crippen molar-refractivity contribution in [1.29, 1.82) is 0 Å². The minimum absolute atomic E-state index is 0.153. The van der Waals surface area contributed by atoms with E-state index in [0.717, 1.165) is 0 Å². The van der Waals surface area contributed by atoms with Crippen LogP contribution in [0.25, 0.3) is 0 Å². The summed E-state index contributed by atoms with van der Waals surface area (Å²) >= 11 is 0. The normalized spacial score (nSPS) is 17.3. The molecule has 0 saturated carbocycles. The average molecular weight is 375 g/mol. The van der Waals surface area contributed by atoms with Gasteiger partial charge in [0.2, 0.25) is 12.2 Å². The third-order valence-corrected chi connectivity index (χ3v) is 5.78. The van der Waals surface area contributed by atoms with Crippen molar-refractivity contribution in [2.75, 3.05) is 11.5 Å². The second-order valence-electron chi connectivity index (χ2n) is 5.96. The number of para-hydroxylation sites is 1. The van der Waals surface area contributed by atoms with Crippen molar-refractivity contribution in [2.24, 2.45) is 0 Å². The number of fused-ring (bicyclic) bond motifs is 1. The summed E-state index contributed by atoms with van der Waals surface area (Å²) in [7, 11) is -3.82. The number of benzene rings is 2. The van der Waals surface area contributed by atoms with Crippen LogP contribution in [0.3, 0.4) is 0 Å². The van der Waals surface area contributed by atoms with E-state index in [1.54, 1.807) is 54.6 Å². The Kier molecular flexibility index (Phi) is 5.06. The summed E-state index contributed by atoms with van der Waals surface area (Å²) in [4.78, 5) is 23.3. The molecule has 1 N–H and O–H groups in total. The first-order valence-electron chi connectivity index (χ1n) is 7.89. The summed E-state index contributed by atoms with van der Waals surface area (Å²) in [5, 5.41) is 10.1. The maximum Gasteiger partial charge on any atom is 0.233 e. The van der Waals surface area contributed by atoms with Gasteiger partial charge >= 0.3 is 0 Å². The SMILES string of the molecule is O=CN(O)C(CS(=O)(=O)C[C@H]1Oc2ccccc2C1=O)c1ccccc1. The lowest BCUT2D eigenvalue weighted by molar-refractivity contribution is -0.158. The van der Waals surface area contributed by atoms with Gasteiger partial charge in [0.25, 0.3) is 0 Å². The molecule has 2 aromatic carbocycles. The Morgan fingerprint density at radius 2 is 1.77 bits per heavy atom. The summed E-state index contributed by atoms with van der Waals surface area (Å²) in [6.07, 6.45) is -0.975. The number of carbonyl (C=O) groups is 2. The predicted molar refractivity (Wildman–Crippen MR) is 92.7 cm³/mol. The number of amides is 1. The lowest BCUT2D eigenvalue weighted by Gasteiger charge is -2.23. The number of carbonyl (C=O) groups excluding carboxylic acids is 2. The van der Waals surface area contributed by atoms with Gasteiger partial charge in [-0.1, -0.05) is 42.5 Å². The molecule has 2 atom stereocenters. The maximum absolute atomic E-state index is 12.6. The number of hydrogen-bond donors (Lipinski definition) is 1. The highest BCUT2D eigenvalue weighted by Crippen LogP contribution is 2.29. The van der Waals surface area contributed by atoms with E-state index in [1.165, 1.54) is 0 Å². The van der Waals surface area contributed by atoms with Gasteiger partial charge in [-0.2, -0.15) is 0 Å². The van der Waals surface area contributed by atoms with E-state index in [-0.39, 0.29) is 6.41 Å². The van der Waals surface area contributed by atoms with Gasteiger partial charge in [0.1, 0.15) is 5.75 Å². The van der Waals surface area contributed by atoms with Crippen LogP contribution in [-0.2, 0) is 14.6 Å². The lowest BCUT2D eigenvalue weighted by Crippen LogP contribution is -2.36. The van der Waals surface area contributed by atoms with E-state index in [0.29, 0.717) is 21.9 Å². The molecule has 1 aliphatic rings. The Morgan fingerprint density at radius 3 is 2.42 bits per heavy atom. The summed E-state index contributed by atoms with van der Waals surface area (Å²) < 4.78 is 30.7. The first-order chi connectivity index (χ1) is 12.4. The third-order valence-electron chi connectivity index (χ3n) is 4.14. The monoisotopic (exact) mass is 375 g/mol. The lowest BCUT2D eigenvalue weighted by atomic mass is 10.1. The fourth-order valence-corrected chi connectivity index (χ4v) is 4.52. The fraction of sp³-hybridized carbons (Fsp3) is 0.222. The molecule has 0 aromatic heterocycles. The van der Waals surface area contributed by atoms with Crippen molar-refractivity contribution in [2.45, 2.75) is 12.1 Å². The van der Waals surface area contributed by atoms with Crippen LogP contribution in [0.1, 0.15) is 22.0 Å². The number of sulfone groups is 1. The van der Waals surface area contributed by atoms with Gasteiger partial charge in [0.05, 0.1) is 23.1 Å². The van der Waals surface area contributed by atoms with E-state index in [4.69, 9.17) is 4.74 Å². The van der Waals surface area contributed by atoms with Crippen molar-refractivity contribution < 1.29 is 28.0 Å². The molecule has 0 fully saturated rings. The number of ketones is 1. The minimum atomic E-state index is -3.82. The largest absolute Gasteiger partial charge is 0.480 e. The zero-order chi connectivity index (χ0) is 18.7. The van der Waals surface area contributed by atoms with Gasteiger partial charge in [0.15, 0.2) is 15.9 Å². The van der Waals surface area contributed by atoms with Gasteiger partial charge in [-0.15, -0.1) is 0 Å². The summed E-state index contributed by atoms with van der Waals surface area (Å²) in [5.41, 5.74) is 0.816. The summed E-state index contributed by atoms with van der Waals surface area (Å²) in [6.45, 7) is 0. The Labute approximate surface area is 150 Å². The van der Waals surface area contributed by atoms with Gasteiger partial charge in [-0.25, -0.2) is 13.5 Å². The van der Waals surface area contributed by atoms with Gasteiger partial charge in [-0.3, -0.25) is 14.8 Å². The molecule has 1 heterocycles. The topological polar surface area (TPSA) is 101 Å². The Bertz CT molecular complexity index is 912. The molecule has 2 aromatic rings. The number of rotatable bonds is 7. The molecule has 0 spiro atoms. The van der Waals surface area contributed by atoms with Crippen molar-refractivity contribution in [1.82, 2.24) is 5.06 Å². The standard InChI is InChI=1S/C18H17NO6S/c20-12-19(22)15(13-6-2-1-3-7-13)10-26(23,24)11-17-18(21)14-8-4-5-9-16(14)25-17/h1-9,12,15,17,22H,10-11H2/t15?,17-/m1/s1. The van der Waals surface area contributed by atoms with Crippen LogP contribution in [0.4, 0.5) is 0 Å². The number of hydrogen-bond acceptors (Lipinski definition) is 6. The smallest absolute Gasteiger partial charge is 0.233 e. The Hall–Kier alpha value is -2.71. The third kappa shape index (κ3) is 3.76. The van der Waals surface area contributed by atoms with Crippen LogP contribution in [0.15, 0.2) is 54.6 Å². The minimum Gasteiger partial charge on any atom is -0.480 e. The molecular weight excluding hydrogens is 358 g/mol. The first kappa shape index (κ1) is 18.1. The first-order valence-corrected chi connectivity index (χ1v) is 9.71. The highest BCUT2D eigenvalue weighted by atomic mass is 32.2. The van der Waals surface area contributed by atoms with Crippen molar-refractivity contribution >= 4 is 22.0 Å². The number of nitrogens with zero attached hydrogens (tertiary/aromatic N) is 1. The maximum atomic E-state index is 12.6. The summed E-state index contributed by atoms with van der Waals surface area (Å²) in [5.74, 6) is -1.10. The van der Waals surface area contributed by atoms with Crippen molar-refractivity contribution in [3.63, 3.8) is 0 Å². The van der Waals surface area contributed by atoms with Gasteiger partial charge in [-0.05, 0) is 17.7 Å². The second-order valence-corrected chi connectivity index (χ2v) is 8.11. The molecule has 0 radical (unpaired) electrons. The molecule has 0 saturated heterocycles. The van der Waals surface area contributed by atoms with Crippen LogP contribution >= 0.6 is 0 Å². The van der Waals surface area contributed by atoms with Gasteiger partial charge in [0, 0.05) is 0 Å². The summed E-state index contributed by atoms with van der Waals surface area (Å²) in [6, 6.07) is 13.8. The number of hydroxylamine groups is 2. The molecule has 136 valence electrons. The quantitative estimate of drug-likeness (QED) is 0.448. The van der Waals surface area contributed by atoms with Gasteiger partial charge < -0.3 is 4.74 Å². The zero-order valence-corrected chi connectivity index (χ0v) is 14.5. The molecule has 8 heteroatoms. The second kappa shape index (κ2) is 7.27. The molecule has 1 amide bonds. The molecule has 0 bridgehead atoms. The molecule has 1 unspecified atom stereocenters. The Morgan fingerprint density at radius 1 is 1.12 bits per heavy atom. The molecule has 0 aliphatic carbocycles. The van der Waals surface area contributed by atoms with Crippen LogP contribution < -0.4 is 4.74 Å². The fourth-order valence-electron chi connectivity index (χ4n) is 2.88. The highest BCUT2D eigenvalue weighted by Gasteiger charge is 2.37. The van der Waals surface area contributed by atoms with Crippen LogP contribution in [0.2, 0.25) is 0 Å². The average Bonchev–Trinajstić information content (AvgIpc) is 2.95. The molecule has 26 heavy (non-hydrogen) atoms. The molecular formula is C18H17NO6S. The molecule has 7 nitrogen and oxygen atoms in total. The highest BCUT2D eigenvalue weighted by molar-refractivity contribution is 7.91. The van der Waals surface area contributed by atoms with Crippen LogP contribution in [0, 0.1) is 0 Å². The van der Waals surface area contributed by atoms with E-state index in [2.05, 4.69) is 0 Å². The van der Waals surface area contributed by atoms with Crippen molar-refractivity contribution in [3.8, 4) is 5.75 Å². The Balaban J connectivity index is 1.78. The molecule has 1 aliphatic heterocycles. The molecule has 3 rings (SSSR count). The van der Waals surface area contributed by atoms with E-state index in [9.17, 15) is 23.2 Å².